The number of rotatable bonds is 4. The molecule has 0 fully saturated rings. The van der Waals surface area contributed by atoms with Gasteiger partial charge in [0.15, 0.2) is 0 Å². The molecule has 2 aromatic carbocycles. The molecule has 98 valence electrons. The summed E-state index contributed by atoms with van der Waals surface area (Å²) in [5.74, 6) is -1.35. The van der Waals surface area contributed by atoms with Crippen molar-refractivity contribution in [2.45, 2.75) is 19.3 Å². The van der Waals surface area contributed by atoms with E-state index in [1.54, 1.807) is 24.3 Å². The first-order valence-corrected chi connectivity index (χ1v) is 6.20. The van der Waals surface area contributed by atoms with E-state index in [-0.39, 0.29) is 0 Å². The van der Waals surface area contributed by atoms with E-state index >= 15 is 0 Å². The Bertz CT molecular complexity index is 576. The fraction of sp³-hybridized carbons (Fsp3) is 0.188. The highest BCUT2D eigenvalue weighted by Gasteiger charge is 2.20. The van der Waals surface area contributed by atoms with Crippen molar-refractivity contribution in [2.24, 2.45) is 0 Å². The molecule has 0 saturated heterocycles. The standard InChI is InChI=1S/C16H17NO2/c1-11-4-2-3-5-13(11)10-15(16(18)19)12-6-8-14(17)9-7-12/h2-9,15H,10,17H2,1H3,(H,18,19). The summed E-state index contributed by atoms with van der Waals surface area (Å²) in [4.78, 5) is 11.5. The Hall–Kier alpha value is -2.29. The van der Waals surface area contributed by atoms with Crippen molar-refractivity contribution < 1.29 is 9.90 Å². The lowest BCUT2D eigenvalue weighted by Gasteiger charge is -2.14. The number of benzene rings is 2. The number of aryl methyl sites for hydroxylation is 1. The molecule has 0 aromatic heterocycles. The molecular weight excluding hydrogens is 238 g/mol. The monoisotopic (exact) mass is 255 g/mol. The van der Waals surface area contributed by atoms with Gasteiger partial charge in [0, 0.05) is 5.69 Å². The van der Waals surface area contributed by atoms with Gasteiger partial charge in [-0.2, -0.15) is 0 Å². The van der Waals surface area contributed by atoms with Crippen molar-refractivity contribution in [3.05, 3.63) is 65.2 Å². The minimum absolute atomic E-state index is 0.492. The van der Waals surface area contributed by atoms with Crippen LogP contribution in [-0.2, 0) is 11.2 Å². The first-order chi connectivity index (χ1) is 9.08. The van der Waals surface area contributed by atoms with Crippen molar-refractivity contribution in [3.8, 4) is 0 Å². The van der Waals surface area contributed by atoms with Crippen molar-refractivity contribution in [1.82, 2.24) is 0 Å². The lowest BCUT2D eigenvalue weighted by molar-refractivity contribution is -0.138. The van der Waals surface area contributed by atoms with Crippen LogP contribution in [0.5, 0.6) is 0 Å². The second-order valence-corrected chi connectivity index (χ2v) is 4.69. The number of carbonyl (C=O) groups is 1. The first kappa shape index (κ1) is 13.1. The molecule has 3 nitrogen and oxygen atoms in total. The van der Waals surface area contributed by atoms with Crippen LogP contribution >= 0.6 is 0 Å². The molecule has 3 heteroatoms. The van der Waals surface area contributed by atoms with Gasteiger partial charge < -0.3 is 10.8 Å². The molecule has 0 saturated carbocycles. The first-order valence-electron chi connectivity index (χ1n) is 6.20. The number of hydrogen-bond donors (Lipinski definition) is 2. The second kappa shape index (κ2) is 5.57. The highest BCUT2D eigenvalue weighted by Crippen LogP contribution is 2.23. The van der Waals surface area contributed by atoms with Crippen LogP contribution < -0.4 is 5.73 Å². The maximum Gasteiger partial charge on any atom is 0.311 e. The van der Waals surface area contributed by atoms with Crippen molar-refractivity contribution >= 4 is 11.7 Å². The van der Waals surface area contributed by atoms with E-state index < -0.39 is 11.9 Å². The van der Waals surface area contributed by atoms with Crippen LogP contribution in [0.3, 0.4) is 0 Å². The SMILES string of the molecule is Cc1ccccc1CC(C(=O)O)c1ccc(N)cc1. The minimum atomic E-state index is -0.812. The lowest BCUT2D eigenvalue weighted by atomic mass is 9.90. The third-order valence-electron chi connectivity index (χ3n) is 3.32. The van der Waals surface area contributed by atoms with E-state index in [1.165, 1.54) is 0 Å². The Labute approximate surface area is 112 Å². The van der Waals surface area contributed by atoms with E-state index in [4.69, 9.17) is 5.73 Å². The van der Waals surface area contributed by atoms with Gasteiger partial charge in [-0.1, -0.05) is 36.4 Å². The van der Waals surface area contributed by atoms with Crippen LogP contribution in [-0.4, -0.2) is 11.1 Å². The maximum absolute atomic E-state index is 11.5. The van der Waals surface area contributed by atoms with Gasteiger partial charge in [0.05, 0.1) is 5.92 Å². The van der Waals surface area contributed by atoms with Gasteiger partial charge in [0.2, 0.25) is 0 Å². The summed E-state index contributed by atoms with van der Waals surface area (Å²) in [6, 6.07) is 14.9. The van der Waals surface area contributed by atoms with E-state index in [0.29, 0.717) is 12.1 Å². The average Bonchev–Trinajstić information content (AvgIpc) is 2.39. The molecule has 2 aromatic rings. The van der Waals surface area contributed by atoms with Gasteiger partial charge in [0.25, 0.3) is 0 Å². The van der Waals surface area contributed by atoms with E-state index in [1.807, 2.05) is 31.2 Å². The van der Waals surface area contributed by atoms with Crippen LogP contribution in [0.15, 0.2) is 48.5 Å². The summed E-state index contributed by atoms with van der Waals surface area (Å²) < 4.78 is 0. The summed E-state index contributed by atoms with van der Waals surface area (Å²) in [5.41, 5.74) is 9.23. The fourth-order valence-corrected chi connectivity index (χ4v) is 2.14. The Morgan fingerprint density at radius 3 is 2.37 bits per heavy atom. The van der Waals surface area contributed by atoms with E-state index in [9.17, 15) is 9.90 Å². The van der Waals surface area contributed by atoms with Gasteiger partial charge in [-0.15, -0.1) is 0 Å². The number of nitrogens with two attached hydrogens (primary N) is 1. The predicted molar refractivity (Wildman–Crippen MR) is 76.1 cm³/mol. The number of carboxylic acids is 1. The largest absolute Gasteiger partial charge is 0.481 e. The van der Waals surface area contributed by atoms with Crippen LogP contribution in [0, 0.1) is 6.92 Å². The topological polar surface area (TPSA) is 63.3 Å². The van der Waals surface area contributed by atoms with Crippen LogP contribution in [0.4, 0.5) is 5.69 Å². The third kappa shape index (κ3) is 3.13. The summed E-state index contributed by atoms with van der Waals surface area (Å²) >= 11 is 0. The van der Waals surface area contributed by atoms with Crippen LogP contribution in [0.25, 0.3) is 0 Å². The molecule has 0 aliphatic rings. The fourth-order valence-electron chi connectivity index (χ4n) is 2.14. The second-order valence-electron chi connectivity index (χ2n) is 4.69. The number of carboxylic acid groups (broad SMARTS) is 1. The molecule has 3 N–H and O–H groups in total. The molecule has 0 heterocycles. The molecule has 1 atom stereocenters. The summed E-state index contributed by atoms with van der Waals surface area (Å²) in [5, 5.41) is 9.42. The Morgan fingerprint density at radius 1 is 1.16 bits per heavy atom. The Kier molecular flexibility index (Phi) is 3.85. The molecule has 0 amide bonds. The molecule has 0 aliphatic heterocycles. The molecular formula is C16H17NO2. The van der Waals surface area contributed by atoms with Crippen molar-refractivity contribution in [3.63, 3.8) is 0 Å². The minimum Gasteiger partial charge on any atom is -0.481 e. The molecule has 0 radical (unpaired) electrons. The van der Waals surface area contributed by atoms with Gasteiger partial charge in [-0.3, -0.25) is 4.79 Å². The van der Waals surface area contributed by atoms with Gasteiger partial charge in [-0.25, -0.2) is 0 Å². The molecule has 0 aliphatic carbocycles. The highest BCUT2D eigenvalue weighted by molar-refractivity contribution is 5.76. The zero-order chi connectivity index (χ0) is 13.8. The van der Waals surface area contributed by atoms with Crippen LogP contribution in [0.1, 0.15) is 22.6 Å². The molecule has 19 heavy (non-hydrogen) atoms. The Morgan fingerprint density at radius 2 is 1.79 bits per heavy atom. The van der Waals surface area contributed by atoms with E-state index in [2.05, 4.69) is 0 Å². The number of nitrogen functional groups attached to an aromatic ring is 1. The number of aliphatic carboxylic acids is 1. The number of anilines is 1. The summed E-state index contributed by atoms with van der Waals surface area (Å²) in [6.45, 7) is 2.00. The summed E-state index contributed by atoms with van der Waals surface area (Å²) in [7, 11) is 0. The van der Waals surface area contributed by atoms with Crippen molar-refractivity contribution in [1.29, 1.82) is 0 Å². The lowest BCUT2D eigenvalue weighted by Crippen LogP contribution is -2.15. The quantitative estimate of drug-likeness (QED) is 0.825. The average molecular weight is 255 g/mol. The maximum atomic E-state index is 11.5. The molecule has 0 spiro atoms. The van der Waals surface area contributed by atoms with Gasteiger partial charge >= 0.3 is 5.97 Å². The summed E-state index contributed by atoms with van der Waals surface area (Å²) in [6.07, 6.45) is 0.492. The zero-order valence-corrected chi connectivity index (χ0v) is 10.8. The predicted octanol–water partition coefficient (Wildman–Crippen LogP) is 2.99. The zero-order valence-electron chi connectivity index (χ0n) is 10.8. The molecule has 2 rings (SSSR count). The van der Waals surface area contributed by atoms with Gasteiger partial charge in [-0.05, 0) is 42.2 Å². The molecule has 1 unspecified atom stereocenters. The normalized spacial score (nSPS) is 12.1. The third-order valence-corrected chi connectivity index (χ3v) is 3.32. The number of hydrogen-bond acceptors (Lipinski definition) is 2. The van der Waals surface area contributed by atoms with E-state index in [0.717, 1.165) is 16.7 Å². The smallest absolute Gasteiger partial charge is 0.311 e. The van der Waals surface area contributed by atoms with Gasteiger partial charge in [0.1, 0.15) is 0 Å². The Balaban J connectivity index is 2.29. The van der Waals surface area contributed by atoms with Crippen molar-refractivity contribution in [2.75, 3.05) is 5.73 Å². The highest BCUT2D eigenvalue weighted by atomic mass is 16.4. The molecule has 0 bridgehead atoms. The van der Waals surface area contributed by atoms with Crippen LogP contribution in [0.2, 0.25) is 0 Å².